The van der Waals surface area contributed by atoms with Gasteiger partial charge >= 0.3 is 6.03 Å². The molecule has 2 aliphatic rings. The van der Waals surface area contributed by atoms with Gasteiger partial charge < -0.3 is 20.1 Å². The molecule has 0 saturated carbocycles. The lowest BCUT2D eigenvalue weighted by Crippen LogP contribution is -2.53. The molecule has 7 heteroatoms. The van der Waals surface area contributed by atoms with Crippen LogP contribution in [-0.2, 0) is 7.05 Å². The van der Waals surface area contributed by atoms with Crippen LogP contribution in [0.25, 0.3) is 0 Å². The highest BCUT2D eigenvalue weighted by molar-refractivity contribution is 5.75. The van der Waals surface area contributed by atoms with Crippen LogP contribution in [0.4, 0.5) is 10.6 Å². The predicted molar refractivity (Wildman–Crippen MR) is 93.2 cm³/mol. The van der Waals surface area contributed by atoms with Crippen LogP contribution in [-0.4, -0.2) is 40.8 Å². The molecule has 1 aromatic rings. The minimum atomic E-state index is -0.132. The van der Waals surface area contributed by atoms with E-state index >= 15 is 0 Å². The molecule has 3 rings (SSSR count). The third-order valence-electron chi connectivity index (χ3n) is 4.63. The van der Waals surface area contributed by atoms with Gasteiger partial charge in [-0.15, -0.1) is 0 Å². The molecule has 0 radical (unpaired) electrons. The molecule has 0 bridgehead atoms. The summed E-state index contributed by atoms with van der Waals surface area (Å²) in [5.41, 5.74) is -0.102. The maximum Gasteiger partial charge on any atom is 0.315 e. The lowest BCUT2D eigenvalue weighted by molar-refractivity contribution is 0.232. The third kappa shape index (κ3) is 3.96. The zero-order chi connectivity index (χ0) is 16.9. The Morgan fingerprint density at radius 2 is 2.17 bits per heavy atom. The lowest BCUT2D eigenvalue weighted by Gasteiger charge is -2.33. The summed E-state index contributed by atoms with van der Waals surface area (Å²) in [6.45, 7) is 1.40. The number of piperidine rings is 1. The summed E-state index contributed by atoms with van der Waals surface area (Å²) >= 11 is 0. The van der Waals surface area contributed by atoms with Crippen LogP contribution >= 0.6 is 0 Å². The molecule has 1 aliphatic carbocycles. The first-order valence-electron chi connectivity index (χ1n) is 8.64. The van der Waals surface area contributed by atoms with Gasteiger partial charge in [0.1, 0.15) is 0 Å². The minimum Gasteiger partial charge on any atom is -0.350 e. The number of allylic oxidation sites excluding steroid dienone is 1. The van der Waals surface area contributed by atoms with Crippen LogP contribution in [0.5, 0.6) is 0 Å². The molecular weight excluding hydrogens is 306 g/mol. The molecule has 0 spiro atoms. The summed E-state index contributed by atoms with van der Waals surface area (Å²) in [6.07, 6.45) is 12.5. The highest BCUT2D eigenvalue weighted by atomic mass is 16.2. The van der Waals surface area contributed by atoms with Crippen LogP contribution in [0.1, 0.15) is 32.1 Å². The van der Waals surface area contributed by atoms with Gasteiger partial charge in [0.25, 0.3) is 5.56 Å². The van der Waals surface area contributed by atoms with Crippen molar-refractivity contribution in [3.63, 3.8) is 0 Å². The topological polar surface area (TPSA) is 79.3 Å². The van der Waals surface area contributed by atoms with Gasteiger partial charge in [-0.2, -0.15) is 0 Å². The number of hydrogen-bond acceptors (Lipinski definition) is 4. The summed E-state index contributed by atoms with van der Waals surface area (Å²) in [5.74, 6) is 0.460. The van der Waals surface area contributed by atoms with Crippen molar-refractivity contribution in [2.24, 2.45) is 7.05 Å². The van der Waals surface area contributed by atoms with E-state index < -0.39 is 0 Å². The first-order chi connectivity index (χ1) is 11.6. The molecule has 1 fully saturated rings. The number of hydrogen-bond donors (Lipinski definition) is 2. The third-order valence-corrected chi connectivity index (χ3v) is 4.63. The van der Waals surface area contributed by atoms with Crippen molar-refractivity contribution >= 4 is 11.8 Å². The van der Waals surface area contributed by atoms with Crippen LogP contribution in [0.2, 0.25) is 0 Å². The lowest BCUT2D eigenvalue weighted by atomic mass is 10.0. The molecule has 2 amide bonds. The Morgan fingerprint density at radius 1 is 1.29 bits per heavy atom. The first kappa shape index (κ1) is 16.5. The van der Waals surface area contributed by atoms with Gasteiger partial charge in [-0.05, 0) is 32.1 Å². The summed E-state index contributed by atoms with van der Waals surface area (Å²) < 4.78 is 1.53. The van der Waals surface area contributed by atoms with Crippen molar-refractivity contribution in [1.82, 2.24) is 20.2 Å². The quantitative estimate of drug-likeness (QED) is 0.815. The Morgan fingerprint density at radius 3 is 2.96 bits per heavy atom. The fourth-order valence-corrected chi connectivity index (χ4v) is 3.32. The molecule has 0 aromatic carbocycles. The molecule has 2 atom stereocenters. The molecule has 1 saturated heterocycles. The van der Waals surface area contributed by atoms with Crippen molar-refractivity contribution in [3.05, 3.63) is 34.9 Å². The van der Waals surface area contributed by atoms with Gasteiger partial charge in [0.15, 0.2) is 5.82 Å². The molecular formula is C17H25N5O2. The van der Waals surface area contributed by atoms with E-state index in [-0.39, 0.29) is 23.7 Å². The largest absolute Gasteiger partial charge is 0.350 e. The van der Waals surface area contributed by atoms with E-state index in [4.69, 9.17) is 0 Å². The van der Waals surface area contributed by atoms with Crippen LogP contribution in [0.15, 0.2) is 29.3 Å². The van der Waals surface area contributed by atoms with Crippen molar-refractivity contribution < 1.29 is 4.79 Å². The molecule has 7 nitrogen and oxygen atoms in total. The smallest absolute Gasteiger partial charge is 0.315 e. The number of aromatic nitrogens is 2. The summed E-state index contributed by atoms with van der Waals surface area (Å²) in [7, 11) is 1.72. The van der Waals surface area contributed by atoms with Gasteiger partial charge in [0.2, 0.25) is 0 Å². The SMILES string of the molecule is Cn1ccnc(N2CCC[C@H](NC(=O)N[C@H]3C=CCCC3)C2)c1=O. The number of aryl methyl sites for hydroxylation is 1. The fraction of sp³-hybridized carbons (Fsp3) is 0.588. The van der Waals surface area contributed by atoms with Crippen molar-refractivity contribution in [3.8, 4) is 0 Å². The second kappa shape index (κ2) is 7.51. The number of nitrogens with one attached hydrogen (secondary N) is 2. The van der Waals surface area contributed by atoms with Gasteiger partial charge in [-0.3, -0.25) is 4.79 Å². The van der Waals surface area contributed by atoms with Gasteiger partial charge in [0.05, 0.1) is 0 Å². The number of urea groups is 1. The fourth-order valence-electron chi connectivity index (χ4n) is 3.32. The maximum absolute atomic E-state index is 12.2. The van der Waals surface area contributed by atoms with Crippen molar-refractivity contribution in [1.29, 1.82) is 0 Å². The molecule has 24 heavy (non-hydrogen) atoms. The van der Waals surface area contributed by atoms with E-state index in [9.17, 15) is 9.59 Å². The normalized spacial score (nSPS) is 23.8. The highest BCUT2D eigenvalue weighted by Gasteiger charge is 2.24. The number of carbonyl (C=O) groups is 1. The second-order valence-electron chi connectivity index (χ2n) is 6.54. The summed E-state index contributed by atoms with van der Waals surface area (Å²) in [6, 6.07) is 0.0203. The van der Waals surface area contributed by atoms with E-state index in [0.717, 1.165) is 38.6 Å². The molecule has 0 unspecified atom stereocenters. The second-order valence-corrected chi connectivity index (χ2v) is 6.54. The Balaban J connectivity index is 1.58. The highest BCUT2D eigenvalue weighted by Crippen LogP contribution is 2.15. The number of anilines is 1. The number of amides is 2. The van der Waals surface area contributed by atoms with E-state index in [1.807, 2.05) is 4.90 Å². The predicted octanol–water partition coefficient (Wildman–Crippen LogP) is 1.16. The average molecular weight is 331 g/mol. The van der Waals surface area contributed by atoms with Crippen LogP contribution < -0.4 is 21.1 Å². The van der Waals surface area contributed by atoms with Gasteiger partial charge in [0, 0.05) is 44.6 Å². The van der Waals surface area contributed by atoms with Gasteiger partial charge in [-0.25, -0.2) is 9.78 Å². The number of nitrogens with zero attached hydrogens (tertiary/aromatic N) is 3. The zero-order valence-electron chi connectivity index (χ0n) is 14.1. The van der Waals surface area contributed by atoms with Crippen LogP contribution in [0.3, 0.4) is 0 Å². The number of carbonyl (C=O) groups excluding carboxylic acids is 1. The summed E-state index contributed by atoms with van der Waals surface area (Å²) in [4.78, 5) is 30.6. The Kier molecular flexibility index (Phi) is 5.17. The zero-order valence-corrected chi connectivity index (χ0v) is 14.1. The van der Waals surface area contributed by atoms with E-state index in [2.05, 4.69) is 27.8 Å². The molecule has 1 aromatic heterocycles. The molecule has 2 N–H and O–H groups in total. The maximum atomic E-state index is 12.2. The summed E-state index contributed by atoms with van der Waals surface area (Å²) in [5, 5.41) is 6.04. The Hall–Kier alpha value is -2.31. The standard InChI is InChI=1S/C17H25N5O2/c1-21-11-9-18-15(16(21)23)22-10-5-8-14(12-22)20-17(24)19-13-6-3-2-4-7-13/h3,6,9,11,13-14H,2,4-5,7-8,10,12H2,1H3,(H2,19,20,24)/t13-,14-/m0/s1. The van der Waals surface area contributed by atoms with E-state index in [1.165, 1.54) is 4.57 Å². The van der Waals surface area contributed by atoms with Crippen molar-refractivity contribution in [2.75, 3.05) is 18.0 Å². The van der Waals surface area contributed by atoms with Gasteiger partial charge in [-0.1, -0.05) is 12.2 Å². The molecule has 1 aliphatic heterocycles. The Labute approximate surface area is 141 Å². The molecule has 130 valence electrons. The average Bonchev–Trinajstić information content (AvgIpc) is 2.58. The van der Waals surface area contributed by atoms with Crippen molar-refractivity contribution in [2.45, 2.75) is 44.2 Å². The Bertz CT molecular complexity index is 669. The minimum absolute atomic E-state index is 0.0260. The monoisotopic (exact) mass is 331 g/mol. The first-order valence-corrected chi connectivity index (χ1v) is 8.64. The van der Waals surface area contributed by atoms with Crippen LogP contribution in [0, 0.1) is 0 Å². The number of rotatable bonds is 3. The molecule has 2 heterocycles. The van der Waals surface area contributed by atoms with E-state index in [1.54, 1.807) is 19.4 Å². The van der Waals surface area contributed by atoms with E-state index in [0.29, 0.717) is 12.4 Å².